The molecule has 0 bridgehead atoms. The Morgan fingerprint density at radius 3 is 2.19 bits per heavy atom. The van der Waals surface area contributed by atoms with Crippen LogP contribution in [0.25, 0.3) is 0 Å². The maximum Gasteiger partial charge on any atom is 0.303 e. The molecule has 2 spiro atoms. The average Bonchev–Trinajstić information content (AvgIpc) is 3.73. The molecule has 2 aliphatic heterocycles. The number of esters is 1. The summed E-state index contributed by atoms with van der Waals surface area (Å²) in [7, 11) is 0. The van der Waals surface area contributed by atoms with Crippen molar-refractivity contribution < 1.29 is 74.4 Å². The Hall–Kier alpha value is -1.05. The van der Waals surface area contributed by atoms with Crippen LogP contribution in [-0.4, -0.2) is 150 Å². The van der Waals surface area contributed by atoms with Crippen LogP contribution in [0.1, 0.15) is 113 Å². The minimum absolute atomic E-state index is 0.0452. The van der Waals surface area contributed by atoms with Gasteiger partial charge in [0.1, 0.15) is 36.6 Å². The topological polar surface area (TPSA) is 245 Å². The maximum absolute atomic E-state index is 12.1. The molecule has 5 aliphatic carbocycles. The molecule has 7 fully saturated rings. The third kappa shape index (κ3) is 6.84. The van der Waals surface area contributed by atoms with Crippen LogP contribution < -0.4 is 0 Å². The normalized spacial score (nSPS) is 52.1. The van der Waals surface area contributed by atoms with Crippen LogP contribution in [0.15, 0.2) is 0 Å². The summed E-state index contributed by atoms with van der Waals surface area (Å²) in [4.78, 5) is 12.1. The first-order valence-electron chi connectivity index (χ1n) is 21.7. The van der Waals surface area contributed by atoms with E-state index in [0.29, 0.717) is 32.1 Å². The number of rotatable bonds is 11. The molecule has 0 amide bonds. The molecule has 0 radical (unpaired) electrons. The zero-order valence-electron chi connectivity index (χ0n) is 35.6. The van der Waals surface area contributed by atoms with E-state index in [4.69, 9.17) is 23.7 Å². The Bertz CT molecular complexity index is 1500. The summed E-state index contributed by atoms with van der Waals surface area (Å²) >= 11 is 0. The highest BCUT2D eigenvalue weighted by Gasteiger charge is 2.84. The van der Waals surface area contributed by atoms with E-state index in [1.807, 2.05) is 0 Å². The molecule has 0 aromatic rings. The van der Waals surface area contributed by atoms with Crippen molar-refractivity contribution in [2.75, 3.05) is 13.2 Å². The van der Waals surface area contributed by atoms with E-state index < -0.39 is 103 Å². The molecular formula is C43H72O15. The molecule has 0 aromatic heterocycles. The van der Waals surface area contributed by atoms with Crippen LogP contribution in [0, 0.1) is 50.7 Å². The van der Waals surface area contributed by atoms with Gasteiger partial charge in [-0.25, -0.2) is 0 Å². The van der Waals surface area contributed by atoms with Gasteiger partial charge < -0.3 is 69.6 Å². The van der Waals surface area contributed by atoms with Gasteiger partial charge in [0.2, 0.25) is 0 Å². The molecule has 0 unspecified atom stereocenters. The maximum atomic E-state index is 12.1. The minimum atomic E-state index is -1.62. The van der Waals surface area contributed by atoms with Crippen LogP contribution in [0.4, 0.5) is 0 Å². The third-order valence-corrected chi connectivity index (χ3v) is 17.5. The highest BCUT2D eigenvalue weighted by atomic mass is 16.7. The highest BCUT2D eigenvalue weighted by molar-refractivity contribution is 5.66. The smallest absolute Gasteiger partial charge is 0.303 e. The van der Waals surface area contributed by atoms with Crippen molar-refractivity contribution in [3.63, 3.8) is 0 Å². The zero-order valence-corrected chi connectivity index (χ0v) is 35.6. The van der Waals surface area contributed by atoms with Crippen LogP contribution in [0.2, 0.25) is 0 Å². The summed E-state index contributed by atoms with van der Waals surface area (Å²) in [5.74, 6) is -0.718. The lowest BCUT2D eigenvalue weighted by atomic mass is 9.41. The second-order valence-corrected chi connectivity index (χ2v) is 21.3. The number of ether oxygens (including phenoxy) is 5. The van der Waals surface area contributed by atoms with E-state index in [1.165, 1.54) is 6.92 Å². The number of carbonyl (C=O) groups is 1. The first kappa shape index (κ1) is 45.0. The van der Waals surface area contributed by atoms with E-state index >= 15 is 0 Å². The first-order chi connectivity index (χ1) is 26.9. The number of hydrogen-bond acceptors (Lipinski definition) is 15. The summed E-state index contributed by atoms with van der Waals surface area (Å²) < 4.78 is 30.9. The van der Waals surface area contributed by atoms with Crippen molar-refractivity contribution >= 4 is 5.97 Å². The summed E-state index contributed by atoms with van der Waals surface area (Å²) in [6.07, 6.45) is -8.50. The van der Waals surface area contributed by atoms with Crippen molar-refractivity contribution in [3.8, 4) is 0 Å². The second-order valence-electron chi connectivity index (χ2n) is 21.3. The second kappa shape index (κ2) is 15.3. The molecule has 9 N–H and O–H groups in total. The summed E-state index contributed by atoms with van der Waals surface area (Å²) in [6, 6.07) is 0. The molecular weight excluding hydrogens is 756 g/mol. The Labute approximate surface area is 342 Å². The monoisotopic (exact) mass is 828 g/mol. The van der Waals surface area contributed by atoms with Crippen molar-refractivity contribution in [3.05, 3.63) is 0 Å². The van der Waals surface area contributed by atoms with Crippen molar-refractivity contribution in [2.45, 2.75) is 199 Å². The van der Waals surface area contributed by atoms with Crippen molar-refractivity contribution in [1.82, 2.24) is 0 Å². The van der Waals surface area contributed by atoms with Crippen LogP contribution in [-0.2, 0) is 28.5 Å². The van der Waals surface area contributed by atoms with Gasteiger partial charge in [-0.3, -0.25) is 4.79 Å². The largest absolute Gasteiger partial charge is 0.454 e. The Kier molecular flexibility index (Phi) is 11.9. The average molecular weight is 829 g/mol. The van der Waals surface area contributed by atoms with Crippen molar-refractivity contribution in [1.29, 1.82) is 0 Å². The predicted molar refractivity (Wildman–Crippen MR) is 205 cm³/mol. The third-order valence-electron chi connectivity index (χ3n) is 17.5. The fourth-order valence-corrected chi connectivity index (χ4v) is 14.5. The van der Waals surface area contributed by atoms with Gasteiger partial charge in [-0.1, -0.05) is 34.6 Å². The molecule has 7 aliphatic rings. The fraction of sp³-hybridized carbons (Fsp3) is 0.977. The van der Waals surface area contributed by atoms with Crippen LogP contribution in [0.5, 0.6) is 0 Å². The molecule has 0 aromatic carbocycles. The molecule has 334 valence electrons. The molecule has 21 atom stereocenters. The molecule has 2 saturated heterocycles. The zero-order chi connectivity index (χ0) is 42.7. The Morgan fingerprint density at radius 2 is 1.55 bits per heavy atom. The van der Waals surface area contributed by atoms with Gasteiger partial charge in [-0.15, -0.1) is 0 Å². The van der Waals surface area contributed by atoms with Crippen LogP contribution >= 0.6 is 0 Å². The summed E-state index contributed by atoms with van der Waals surface area (Å²) in [5, 5.41) is 97.2. The van der Waals surface area contributed by atoms with Gasteiger partial charge in [0.15, 0.2) is 18.7 Å². The number of aliphatic hydroxyl groups is 9. The molecule has 7 rings (SSSR count). The van der Waals surface area contributed by atoms with Gasteiger partial charge >= 0.3 is 5.97 Å². The number of carbonyl (C=O) groups excluding carboxylic acids is 1. The Morgan fingerprint density at radius 1 is 0.862 bits per heavy atom. The fourth-order valence-electron chi connectivity index (χ4n) is 14.5. The standard InChI is InChI=1S/C43H72O15/c1-20(9-10-27(48)39(5,6)53)29-22(46)16-41(8)26-15-24(56-36-33(52)32(51)31(50)25(17-44)57-36)35-38(3,4)28(11-12-43(35)19-42(26,43)14-13-40(29,41)7)58-37-34(55-21(2)45)30(49)23(47)18-54-37/h20,22-37,44,46-53H,9-19H2,1-8H3/t20-,22+,23-,24+,25-,26+,27+,28+,29+,30+,31+,32-,33-,34-,35+,36-,37+,40-,41+,42+,43-/m1/s1. The van der Waals surface area contributed by atoms with Crippen molar-refractivity contribution in [2.24, 2.45) is 50.7 Å². The Balaban J connectivity index is 1.22. The minimum Gasteiger partial charge on any atom is -0.454 e. The van der Waals surface area contributed by atoms with E-state index in [-0.39, 0.29) is 51.9 Å². The van der Waals surface area contributed by atoms with E-state index in [1.54, 1.807) is 13.8 Å². The van der Waals surface area contributed by atoms with Gasteiger partial charge in [-0.2, -0.15) is 0 Å². The van der Waals surface area contributed by atoms with E-state index in [2.05, 4.69) is 34.6 Å². The molecule has 2 heterocycles. The molecule has 5 saturated carbocycles. The van der Waals surface area contributed by atoms with Gasteiger partial charge in [0.05, 0.1) is 43.2 Å². The predicted octanol–water partition coefficient (Wildman–Crippen LogP) is 1.13. The highest BCUT2D eigenvalue weighted by Crippen LogP contribution is 2.89. The quantitative estimate of drug-likeness (QED) is 0.105. The van der Waals surface area contributed by atoms with E-state index in [0.717, 1.165) is 25.7 Å². The van der Waals surface area contributed by atoms with Gasteiger partial charge in [0, 0.05) is 6.92 Å². The lowest BCUT2D eigenvalue weighted by molar-refractivity contribution is -0.339. The lowest BCUT2D eigenvalue weighted by Gasteiger charge is -2.65. The number of hydrogen-bond donors (Lipinski definition) is 9. The van der Waals surface area contributed by atoms with E-state index in [9.17, 15) is 50.8 Å². The SMILES string of the molecule is CC(=O)O[C@H]1[C@H](O[C@H]2CC[C@]34C[C@]35CC[C@]3(C)[C@@H]([C@H](C)CC[C@H](O)C(C)(C)O)[C@@H](O)C[C@@]3(C)[C@@H]5C[C@H](O[C@@H]3O[C@H](CO)[C@H](O)[C@@H](O)[C@H]3O)[C@H]4C2(C)C)OC[C@@H](O)[C@@H]1O. The summed E-state index contributed by atoms with van der Waals surface area (Å²) in [6.45, 7) is 14.7. The van der Waals surface area contributed by atoms with Crippen LogP contribution in [0.3, 0.4) is 0 Å². The molecule has 15 nitrogen and oxygen atoms in total. The molecule has 15 heteroatoms. The number of aliphatic hydroxyl groups excluding tert-OH is 8. The number of fused-ring (bicyclic) bond motifs is 2. The lowest BCUT2D eigenvalue weighted by Crippen LogP contribution is -2.65. The van der Waals surface area contributed by atoms with Gasteiger partial charge in [-0.05, 0) is 122 Å². The summed E-state index contributed by atoms with van der Waals surface area (Å²) in [5.41, 5.74) is -2.78. The van der Waals surface area contributed by atoms with Gasteiger partial charge in [0.25, 0.3) is 0 Å². The first-order valence-corrected chi connectivity index (χ1v) is 21.7. The molecule has 58 heavy (non-hydrogen) atoms.